The number of nitrogens with one attached hydrogen (secondary N) is 1. The van der Waals surface area contributed by atoms with Gasteiger partial charge in [-0.3, -0.25) is 9.69 Å². The first-order chi connectivity index (χ1) is 11.1. The van der Waals surface area contributed by atoms with Gasteiger partial charge >= 0.3 is 0 Å². The van der Waals surface area contributed by atoms with Crippen molar-refractivity contribution in [3.05, 3.63) is 35.6 Å². The van der Waals surface area contributed by atoms with Gasteiger partial charge in [-0.15, -0.1) is 0 Å². The Hall–Kier alpha value is -1.50. The average Bonchev–Trinajstić information content (AvgIpc) is 3.34. The molecule has 0 spiro atoms. The van der Waals surface area contributed by atoms with Gasteiger partial charge in [-0.25, -0.2) is 4.39 Å². The van der Waals surface area contributed by atoms with Crippen molar-refractivity contribution in [2.24, 2.45) is 5.92 Å². The highest BCUT2D eigenvalue weighted by molar-refractivity contribution is 5.82. The number of morpholine rings is 1. The largest absolute Gasteiger partial charge is 0.390 e. The third kappa shape index (κ3) is 4.28. The van der Waals surface area contributed by atoms with Crippen LogP contribution in [-0.4, -0.2) is 61.4 Å². The molecule has 5 nitrogen and oxygen atoms in total. The molecule has 1 aromatic carbocycles. The van der Waals surface area contributed by atoms with Crippen molar-refractivity contribution in [1.29, 1.82) is 0 Å². The van der Waals surface area contributed by atoms with Gasteiger partial charge in [-0.05, 0) is 24.0 Å². The van der Waals surface area contributed by atoms with E-state index in [1.54, 1.807) is 18.2 Å². The lowest BCUT2D eigenvalue weighted by Crippen LogP contribution is -2.44. The molecule has 1 amide bonds. The van der Waals surface area contributed by atoms with E-state index < -0.39 is 6.10 Å². The second-order valence-corrected chi connectivity index (χ2v) is 6.28. The summed E-state index contributed by atoms with van der Waals surface area (Å²) in [7, 11) is 0. The summed E-state index contributed by atoms with van der Waals surface area (Å²) in [4.78, 5) is 14.2. The Balaban J connectivity index is 1.41. The minimum Gasteiger partial charge on any atom is -0.390 e. The normalized spacial score (nSPS) is 25.8. The molecule has 2 fully saturated rings. The molecule has 1 saturated carbocycles. The lowest BCUT2D eigenvalue weighted by atomic mass is 10.1. The van der Waals surface area contributed by atoms with Crippen LogP contribution in [-0.2, 0) is 9.53 Å². The van der Waals surface area contributed by atoms with Gasteiger partial charge in [0.05, 0.1) is 19.3 Å². The molecule has 1 aromatic rings. The minimum atomic E-state index is -0.595. The summed E-state index contributed by atoms with van der Waals surface area (Å²) in [6, 6.07) is 6.60. The molecular formula is C17H23FN2O3. The van der Waals surface area contributed by atoms with Gasteiger partial charge in [-0.1, -0.05) is 18.2 Å². The first-order valence-corrected chi connectivity index (χ1v) is 8.15. The van der Waals surface area contributed by atoms with Crippen LogP contribution < -0.4 is 5.32 Å². The van der Waals surface area contributed by atoms with Gasteiger partial charge in [0.1, 0.15) is 5.82 Å². The molecule has 2 N–H and O–H groups in total. The number of hydrogen-bond acceptors (Lipinski definition) is 4. The van der Waals surface area contributed by atoms with Crippen molar-refractivity contribution >= 4 is 5.91 Å². The summed E-state index contributed by atoms with van der Waals surface area (Å²) in [6.07, 6.45) is 0.0782. The van der Waals surface area contributed by atoms with Crippen LogP contribution in [0.2, 0.25) is 0 Å². The number of benzene rings is 1. The Bertz CT molecular complexity index is 548. The summed E-state index contributed by atoms with van der Waals surface area (Å²) in [6.45, 7) is 3.75. The molecule has 0 aromatic heterocycles. The van der Waals surface area contributed by atoms with E-state index in [-0.39, 0.29) is 30.1 Å². The molecule has 2 aliphatic rings. The van der Waals surface area contributed by atoms with Crippen molar-refractivity contribution in [1.82, 2.24) is 10.2 Å². The Morgan fingerprint density at radius 3 is 2.87 bits per heavy atom. The van der Waals surface area contributed by atoms with E-state index in [1.807, 2.05) is 0 Å². The van der Waals surface area contributed by atoms with E-state index in [9.17, 15) is 14.3 Å². The van der Waals surface area contributed by atoms with Crippen LogP contribution in [0.5, 0.6) is 0 Å². The maximum atomic E-state index is 13.7. The van der Waals surface area contributed by atoms with Crippen molar-refractivity contribution < 1.29 is 19.0 Å². The first-order valence-electron chi connectivity index (χ1n) is 8.15. The monoisotopic (exact) mass is 322 g/mol. The van der Waals surface area contributed by atoms with Crippen molar-refractivity contribution in [2.45, 2.75) is 18.4 Å². The van der Waals surface area contributed by atoms with E-state index in [0.29, 0.717) is 31.7 Å². The second kappa shape index (κ2) is 7.38. The molecule has 126 valence electrons. The van der Waals surface area contributed by atoms with Gasteiger partial charge < -0.3 is 15.2 Å². The molecule has 0 bridgehead atoms. The summed E-state index contributed by atoms with van der Waals surface area (Å²) >= 11 is 0. The standard InChI is InChI=1S/C17H23FN2O3/c18-16-4-2-1-3-13(16)14-9-15(14)17(22)19-10-12(21)11-20-5-7-23-8-6-20/h1-4,12,14-15,21H,5-11H2,(H,19,22). The Morgan fingerprint density at radius 1 is 1.39 bits per heavy atom. The summed E-state index contributed by atoms with van der Waals surface area (Å²) in [5, 5.41) is 12.8. The molecular weight excluding hydrogens is 299 g/mol. The maximum Gasteiger partial charge on any atom is 0.223 e. The lowest BCUT2D eigenvalue weighted by Gasteiger charge is -2.28. The van der Waals surface area contributed by atoms with Gasteiger partial charge in [0.15, 0.2) is 0 Å². The topological polar surface area (TPSA) is 61.8 Å². The van der Waals surface area contributed by atoms with Crippen LogP contribution >= 0.6 is 0 Å². The van der Waals surface area contributed by atoms with E-state index in [1.165, 1.54) is 6.07 Å². The molecule has 6 heteroatoms. The number of carbonyl (C=O) groups is 1. The predicted molar refractivity (Wildman–Crippen MR) is 83.5 cm³/mol. The molecule has 3 unspecified atom stereocenters. The van der Waals surface area contributed by atoms with Crippen LogP contribution in [0.3, 0.4) is 0 Å². The van der Waals surface area contributed by atoms with Gasteiger partial charge in [0.25, 0.3) is 0 Å². The van der Waals surface area contributed by atoms with E-state index in [0.717, 1.165) is 13.1 Å². The quantitative estimate of drug-likeness (QED) is 0.811. The predicted octanol–water partition coefficient (Wildman–Crippen LogP) is 0.739. The van der Waals surface area contributed by atoms with Crippen LogP contribution in [0.1, 0.15) is 17.9 Å². The van der Waals surface area contributed by atoms with E-state index >= 15 is 0 Å². The lowest BCUT2D eigenvalue weighted by molar-refractivity contribution is -0.123. The van der Waals surface area contributed by atoms with E-state index in [4.69, 9.17) is 4.74 Å². The smallest absolute Gasteiger partial charge is 0.223 e. The summed E-state index contributed by atoms with van der Waals surface area (Å²) in [5.41, 5.74) is 0.613. The van der Waals surface area contributed by atoms with Gasteiger partial charge in [0.2, 0.25) is 5.91 Å². The fourth-order valence-electron chi connectivity index (χ4n) is 3.10. The fraction of sp³-hybridized carbons (Fsp3) is 0.588. The molecule has 1 saturated heterocycles. The zero-order valence-corrected chi connectivity index (χ0v) is 13.1. The number of amides is 1. The highest BCUT2D eigenvalue weighted by Crippen LogP contribution is 2.48. The number of β-amino-alcohol motifs (C(OH)–C–C–N with tert-alkyl or cyclic N) is 1. The number of aliphatic hydroxyl groups is 1. The third-order valence-electron chi connectivity index (χ3n) is 4.52. The maximum absolute atomic E-state index is 13.7. The molecule has 1 aliphatic carbocycles. The second-order valence-electron chi connectivity index (χ2n) is 6.28. The van der Waals surface area contributed by atoms with Crippen LogP contribution in [0.25, 0.3) is 0 Å². The number of halogens is 1. The number of carbonyl (C=O) groups excluding carboxylic acids is 1. The van der Waals surface area contributed by atoms with Crippen molar-refractivity contribution in [3.8, 4) is 0 Å². The molecule has 23 heavy (non-hydrogen) atoms. The zero-order chi connectivity index (χ0) is 16.2. The van der Waals surface area contributed by atoms with Gasteiger partial charge in [-0.2, -0.15) is 0 Å². The van der Waals surface area contributed by atoms with Crippen molar-refractivity contribution in [3.63, 3.8) is 0 Å². The summed E-state index contributed by atoms with van der Waals surface area (Å²) in [5.74, 6) is -0.561. The first kappa shape index (κ1) is 16.4. The summed E-state index contributed by atoms with van der Waals surface area (Å²) < 4.78 is 19.0. The number of nitrogens with zero attached hydrogens (tertiary/aromatic N) is 1. The number of hydrogen-bond donors (Lipinski definition) is 2. The highest BCUT2D eigenvalue weighted by atomic mass is 19.1. The van der Waals surface area contributed by atoms with E-state index in [2.05, 4.69) is 10.2 Å². The number of ether oxygens (including phenoxy) is 1. The molecule has 0 radical (unpaired) electrons. The fourth-order valence-corrected chi connectivity index (χ4v) is 3.10. The van der Waals surface area contributed by atoms with Crippen LogP contribution in [0, 0.1) is 11.7 Å². The van der Waals surface area contributed by atoms with Crippen molar-refractivity contribution in [2.75, 3.05) is 39.4 Å². The Labute approximate surface area is 135 Å². The molecule has 1 heterocycles. The number of rotatable bonds is 6. The van der Waals surface area contributed by atoms with Gasteiger partial charge in [0, 0.05) is 32.1 Å². The average molecular weight is 322 g/mol. The SMILES string of the molecule is O=C(NCC(O)CN1CCOCC1)C1CC1c1ccccc1F. The molecule has 1 aliphatic heterocycles. The highest BCUT2D eigenvalue weighted by Gasteiger charge is 2.45. The Kier molecular flexibility index (Phi) is 5.25. The third-order valence-corrected chi connectivity index (χ3v) is 4.52. The minimum absolute atomic E-state index is 0.0346. The zero-order valence-electron chi connectivity index (χ0n) is 13.1. The molecule has 3 rings (SSSR count). The Morgan fingerprint density at radius 2 is 2.13 bits per heavy atom. The molecule has 3 atom stereocenters. The van der Waals surface area contributed by atoms with Crippen LogP contribution in [0.4, 0.5) is 4.39 Å². The number of aliphatic hydroxyl groups excluding tert-OH is 1. The van der Waals surface area contributed by atoms with Crippen LogP contribution in [0.15, 0.2) is 24.3 Å².